The first-order valence-corrected chi connectivity index (χ1v) is 7.21. The summed E-state index contributed by atoms with van der Waals surface area (Å²) in [6.07, 6.45) is 3.33. The van der Waals surface area contributed by atoms with Crippen LogP contribution in [-0.4, -0.2) is 4.98 Å². The zero-order valence-corrected chi connectivity index (χ0v) is 11.8. The molecule has 1 unspecified atom stereocenters. The highest BCUT2D eigenvalue weighted by Gasteiger charge is 2.18. The number of aryl methyl sites for hydroxylation is 2. The van der Waals surface area contributed by atoms with Crippen LogP contribution < -0.4 is 10.5 Å². The van der Waals surface area contributed by atoms with Gasteiger partial charge in [0.2, 0.25) is 5.88 Å². The zero-order valence-electron chi connectivity index (χ0n) is 11.8. The third kappa shape index (κ3) is 2.54. The maximum Gasteiger partial charge on any atom is 0.218 e. The molecular formula is C17H20N2O. The monoisotopic (exact) mass is 268 g/mol. The molecule has 0 amide bonds. The van der Waals surface area contributed by atoms with Gasteiger partial charge in [-0.15, -0.1) is 0 Å². The first kappa shape index (κ1) is 13.1. The van der Waals surface area contributed by atoms with Crippen LogP contribution in [0.5, 0.6) is 5.88 Å². The van der Waals surface area contributed by atoms with Crippen LogP contribution >= 0.6 is 0 Å². The highest BCUT2D eigenvalue weighted by Crippen LogP contribution is 2.29. The highest BCUT2D eigenvalue weighted by molar-refractivity contribution is 5.37. The summed E-state index contributed by atoms with van der Waals surface area (Å²) in [7, 11) is 0. The molecule has 0 radical (unpaired) electrons. The topological polar surface area (TPSA) is 48.1 Å². The molecule has 1 aliphatic rings. The lowest BCUT2D eigenvalue weighted by Crippen LogP contribution is -2.10. The summed E-state index contributed by atoms with van der Waals surface area (Å²) in [5.74, 6) is 0.699. The van der Waals surface area contributed by atoms with E-state index in [2.05, 4.69) is 23.2 Å². The molecule has 1 aliphatic carbocycles. The lowest BCUT2D eigenvalue weighted by molar-refractivity contribution is 0.214. The standard InChI is InChI=1S/C17H20N2O/c1-12(13-6-3-2-4-7-13)20-17-15(11-18)10-14-8-5-9-16(14)19-17/h2-4,6-7,10,12H,5,8-9,11,18H2,1H3. The molecule has 0 saturated heterocycles. The van der Waals surface area contributed by atoms with Gasteiger partial charge >= 0.3 is 0 Å². The number of hydrogen-bond donors (Lipinski definition) is 1. The van der Waals surface area contributed by atoms with Crippen molar-refractivity contribution in [2.75, 3.05) is 0 Å². The van der Waals surface area contributed by atoms with Gasteiger partial charge in [0.25, 0.3) is 0 Å². The molecule has 104 valence electrons. The minimum Gasteiger partial charge on any atom is -0.470 e. The van der Waals surface area contributed by atoms with Gasteiger partial charge in [-0.2, -0.15) is 0 Å². The summed E-state index contributed by atoms with van der Waals surface area (Å²) < 4.78 is 6.06. The highest BCUT2D eigenvalue weighted by atomic mass is 16.5. The quantitative estimate of drug-likeness (QED) is 0.926. The number of rotatable bonds is 4. The maximum absolute atomic E-state index is 6.06. The third-order valence-corrected chi connectivity index (χ3v) is 3.87. The summed E-state index contributed by atoms with van der Waals surface area (Å²) >= 11 is 0. The van der Waals surface area contributed by atoms with Crippen LogP contribution in [-0.2, 0) is 19.4 Å². The second kappa shape index (κ2) is 5.63. The summed E-state index contributed by atoms with van der Waals surface area (Å²) in [6.45, 7) is 2.52. The Balaban J connectivity index is 1.87. The second-order valence-electron chi connectivity index (χ2n) is 5.29. The number of ether oxygens (including phenoxy) is 1. The number of pyridine rings is 1. The van der Waals surface area contributed by atoms with Gasteiger partial charge in [0.05, 0.1) is 0 Å². The zero-order chi connectivity index (χ0) is 13.9. The van der Waals surface area contributed by atoms with Crippen LogP contribution in [0.25, 0.3) is 0 Å². The molecule has 3 heteroatoms. The first-order chi connectivity index (χ1) is 9.78. The van der Waals surface area contributed by atoms with Gasteiger partial charge in [0.15, 0.2) is 0 Å². The predicted octanol–water partition coefficient (Wildman–Crippen LogP) is 3.17. The van der Waals surface area contributed by atoms with Gasteiger partial charge in [-0.3, -0.25) is 0 Å². The molecule has 1 heterocycles. The minimum absolute atomic E-state index is 0.0200. The molecule has 3 nitrogen and oxygen atoms in total. The van der Waals surface area contributed by atoms with Crippen molar-refractivity contribution in [3.63, 3.8) is 0 Å². The van der Waals surface area contributed by atoms with E-state index < -0.39 is 0 Å². The van der Waals surface area contributed by atoms with Crippen LogP contribution in [0.2, 0.25) is 0 Å². The summed E-state index contributed by atoms with van der Waals surface area (Å²) in [5.41, 5.74) is 10.5. The molecule has 1 aromatic heterocycles. The molecule has 0 fully saturated rings. The SMILES string of the molecule is CC(Oc1nc2c(cc1CN)CCC2)c1ccccc1. The minimum atomic E-state index is -0.0200. The average Bonchev–Trinajstić information content (AvgIpc) is 2.94. The number of aromatic nitrogens is 1. The molecule has 3 rings (SSSR count). The smallest absolute Gasteiger partial charge is 0.218 e. The van der Waals surface area contributed by atoms with Crippen molar-refractivity contribution in [1.82, 2.24) is 4.98 Å². The number of fused-ring (bicyclic) bond motifs is 1. The average molecular weight is 268 g/mol. The number of benzene rings is 1. The molecule has 2 aromatic rings. The van der Waals surface area contributed by atoms with E-state index in [4.69, 9.17) is 10.5 Å². The van der Waals surface area contributed by atoms with Gasteiger partial charge in [-0.05, 0) is 43.4 Å². The van der Waals surface area contributed by atoms with Gasteiger partial charge in [0.1, 0.15) is 6.10 Å². The van der Waals surface area contributed by atoms with Crippen LogP contribution in [0.3, 0.4) is 0 Å². The largest absolute Gasteiger partial charge is 0.470 e. The van der Waals surface area contributed by atoms with Gasteiger partial charge < -0.3 is 10.5 Å². The third-order valence-electron chi connectivity index (χ3n) is 3.87. The molecule has 0 spiro atoms. The number of nitrogens with two attached hydrogens (primary N) is 1. The fourth-order valence-corrected chi connectivity index (χ4v) is 2.71. The lowest BCUT2D eigenvalue weighted by Gasteiger charge is -2.17. The van der Waals surface area contributed by atoms with E-state index in [1.165, 1.54) is 17.7 Å². The lowest BCUT2D eigenvalue weighted by atomic mass is 10.1. The number of hydrogen-bond acceptors (Lipinski definition) is 3. The molecule has 0 aliphatic heterocycles. The predicted molar refractivity (Wildman–Crippen MR) is 79.6 cm³/mol. The van der Waals surface area contributed by atoms with E-state index in [-0.39, 0.29) is 6.10 Å². The van der Waals surface area contributed by atoms with Crippen molar-refractivity contribution < 1.29 is 4.74 Å². The fourth-order valence-electron chi connectivity index (χ4n) is 2.71. The van der Waals surface area contributed by atoms with Crippen LogP contribution in [0.15, 0.2) is 36.4 Å². The second-order valence-corrected chi connectivity index (χ2v) is 5.29. The van der Waals surface area contributed by atoms with Gasteiger partial charge in [-0.1, -0.05) is 30.3 Å². The van der Waals surface area contributed by atoms with E-state index in [0.717, 1.165) is 24.0 Å². The van der Waals surface area contributed by atoms with E-state index in [9.17, 15) is 0 Å². The first-order valence-electron chi connectivity index (χ1n) is 7.21. The van der Waals surface area contributed by atoms with Crippen molar-refractivity contribution in [3.05, 3.63) is 58.8 Å². The fraction of sp³-hybridized carbons (Fsp3) is 0.353. The molecule has 20 heavy (non-hydrogen) atoms. The van der Waals surface area contributed by atoms with Gasteiger partial charge in [0, 0.05) is 17.8 Å². The summed E-state index contributed by atoms with van der Waals surface area (Å²) in [5, 5.41) is 0. The van der Waals surface area contributed by atoms with Crippen molar-refractivity contribution >= 4 is 0 Å². The van der Waals surface area contributed by atoms with E-state index in [1.54, 1.807) is 0 Å². The van der Waals surface area contributed by atoms with Crippen molar-refractivity contribution in [2.45, 2.75) is 38.8 Å². The van der Waals surface area contributed by atoms with E-state index in [1.807, 2.05) is 25.1 Å². The normalized spacial score (nSPS) is 14.9. The molecule has 0 bridgehead atoms. The Bertz CT molecular complexity index is 595. The molecule has 0 saturated carbocycles. The Labute approximate surface area is 119 Å². The van der Waals surface area contributed by atoms with Crippen molar-refractivity contribution in [3.8, 4) is 5.88 Å². The Hall–Kier alpha value is -1.87. The van der Waals surface area contributed by atoms with Crippen molar-refractivity contribution in [1.29, 1.82) is 0 Å². The molecular weight excluding hydrogens is 248 g/mol. The Morgan fingerprint density at radius 1 is 1.25 bits per heavy atom. The van der Waals surface area contributed by atoms with Crippen molar-refractivity contribution in [2.24, 2.45) is 5.73 Å². The van der Waals surface area contributed by atoms with Gasteiger partial charge in [-0.25, -0.2) is 4.98 Å². The number of nitrogens with zero attached hydrogens (tertiary/aromatic N) is 1. The Kier molecular flexibility index (Phi) is 3.70. The Morgan fingerprint density at radius 2 is 2.05 bits per heavy atom. The molecule has 1 aromatic carbocycles. The summed E-state index contributed by atoms with van der Waals surface area (Å²) in [4.78, 5) is 4.69. The van der Waals surface area contributed by atoms with E-state index in [0.29, 0.717) is 12.4 Å². The maximum atomic E-state index is 6.06. The van der Waals surface area contributed by atoms with Crippen LogP contribution in [0.1, 0.15) is 41.8 Å². The molecule has 2 N–H and O–H groups in total. The van der Waals surface area contributed by atoms with E-state index >= 15 is 0 Å². The molecule has 1 atom stereocenters. The van der Waals surface area contributed by atoms with Crippen LogP contribution in [0.4, 0.5) is 0 Å². The Morgan fingerprint density at radius 3 is 2.80 bits per heavy atom. The summed E-state index contributed by atoms with van der Waals surface area (Å²) in [6, 6.07) is 12.4. The van der Waals surface area contributed by atoms with Crippen LogP contribution in [0, 0.1) is 0 Å².